The average molecular weight is 474 g/mol. The highest BCUT2D eigenvalue weighted by Gasteiger charge is 2.22. The first-order chi connectivity index (χ1) is 16.9. The van der Waals surface area contributed by atoms with Crippen LogP contribution in [0.25, 0.3) is 16.8 Å². The summed E-state index contributed by atoms with van der Waals surface area (Å²) in [4.78, 5) is 29.6. The summed E-state index contributed by atoms with van der Waals surface area (Å²) in [5, 5.41) is 4.56. The summed E-state index contributed by atoms with van der Waals surface area (Å²) < 4.78 is 17.2. The van der Waals surface area contributed by atoms with Gasteiger partial charge < -0.3 is 14.4 Å². The van der Waals surface area contributed by atoms with E-state index >= 15 is 0 Å². The summed E-state index contributed by atoms with van der Waals surface area (Å²) >= 11 is 0. The van der Waals surface area contributed by atoms with Crippen LogP contribution in [0.5, 0.6) is 0 Å². The van der Waals surface area contributed by atoms with Gasteiger partial charge in [-0.1, -0.05) is 24.3 Å². The highest BCUT2D eigenvalue weighted by atomic mass is 19.1. The molecule has 0 atom stereocenters. The van der Waals surface area contributed by atoms with Crippen molar-refractivity contribution >= 4 is 17.1 Å². The van der Waals surface area contributed by atoms with E-state index in [4.69, 9.17) is 0 Å². The molecule has 1 fully saturated rings. The number of piperazine rings is 1. The molecule has 2 aromatic carbocycles. The molecule has 2 aromatic heterocycles. The lowest BCUT2D eigenvalue weighted by molar-refractivity contribution is -0.131. The quantitative estimate of drug-likeness (QED) is 0.444. The van der Waals surface area contributed by atoms with E-state index in [1.807, 2.05) is 17.0 Å². The van der Waals surface area contributed by atoms with Gasteiger partial charge >= 0.3 is 0 Å². The van der Waals surface area contributed by atoms with Crippen LogP contribution in [-0.2, 0) is 11.3 Å². The molecule has 0 aliphatic carbocycles. The molecule has 0 bridgehead atoms. The number of nitrogens with zero attached hydrogens (tertiary/aromatic N) is 5. The molecule has 0 unspecified atom stereocenters. The Kier molecular flexibility index (Phi) is 6.11. The average Bonchev–Trinajstić information content (AvgIpc) is 3.31. The third-order valence-corrected chi connectivity index (χ3v) is 6.80. The largest absolute Gasteiger partial charge is 0.366 e. The maximum atomic E-state index is 14.1. The number of fused-ring (bicyclic) bond motifs is 1. The van der Waals surface area contributed by atoms with Gasteiger partial charge in [0.25, 0.3) is 5.56 Å². The molecule has 8 heteroatoms. The first-order valence-corrected chi connectivity index (χ1v) is 11.8. The highest BCUT2D eigenvalue weighted by Crippen LogP contribution is 2.22. The number of amides is 1. The third kappa shape index (κ3) is 4.56. The molecule has 1 amide bonds. The molecule has 0 N–H and O–H groups in total. The Labute approximate surface area is 203 Å². The van der Waals surface area contributed by atoms with Gasteiger partial charge in [-0.15, -0.1) is 0 Å². The standard InChI is InChI=1S/C27H28FN5O2/c1-19-7-8-21(17-20(19)2)23-18-25-27(35)32(15-16-33(25)29-23)10-9-26(34)31-13-11-30(12-14-31)24-6-4-3-5-22(24)28/h3-8,15-18H,9-14H2,1-2H3. The van der Waals surface area contributed by atoms with E-state index in [0.717, 1.165) is 11.3 Å². The van der Waals surface area contributed by atoms with Gasteiger partial charge in [-0.25, -0.2) is 8.91 Å². The second-order valence-corrected chi connectivity index (χ2v) is 9.02. The Hall–Kier alpha value is -3.94. The molecule has 1 aliphatic rings. The summed E-state index contributed by atoms with van der Waals surface area (Å²) in [6.45, 7) is 6.63. The van der Waals surface area contributed by atoms with E-state index in [0.29, 0.717) is 43.9 Å². The van der Waals surface area contributed by atoms with Crippen molar-refractivity contribution < 1.29 is 9.18 Å². The number of hydrogen-bond acceptors (Lipinski definition) is 4. The Morgan fingerprint density at radius 1 is 0.971 bits per heavy atom. The van der Waals surface area contributed by atoms with Crippen molar-refractivity contribution in [1.82, 2.24) is 19.1 Å². The van der Waals surface area contributed by atoms with Crippen LogP contribution in [0, 0.1) is 19.7 Å². The first-order valence-electron chi connectivity index (χ1n) is 11.8. The molecule has 4 aromatic rings. The van der Waals surface area contributed by atoms with Gasteiger partial charge in [0.1, 0.15) is 11.3 Å². The first kappa shape index (κ1) is 22.8. The predicted molar refractivity (Wildman–Crippen MR) is 134 cm³/mol. The van der Waals surface area contributed by atoms with E-state index in [-0.39, 0.29) is 23.7 Å². The number of carbonyl (C=O) groups excluding carboxylic acids is 1. The fourth-order valence-corrected chi connectivity index (χ4v) is 4.52. The Morgan fingerprint density at radius 3 is 2.49 bits per heavy atom. The van der Waals surface area contributed by atoms with E-state index in [2.05, 4.69) is 31.1 Å². The fraction of sp³-hybridized carbons (Fsp3) is 0.296. The number of hydrogen-bond donors (Lipinski definition) is 0. The summed E-state index contributed by atoms with van der Waals surface area (Å²) in [5.74, 6) is -0.253. The summed E-state index contributed by atoms with van der Waals surface area (Å²) in [7, 11) is 0. The van der Waals surface area contributed by atoms with E-state index in [9.17, 15) is 14.0 Å². The SMILES string of the molecule is Cc1ccc(-c2cc3c(=O)n(CCC(=O)N4CCN(c5ccccc5F)CC4)ccn3n2)cc1C. The van der Waals surface area contributed by atoms with Gasteiger partial charge in [-0.3, -0.25) is 9.59 Å². The van der Waals surface area contributed by atoms with Gasteiger partial charge in [0.05, 0.1) is 11.4 Å². The molecule has 0 saturated carbocycles. The van der Waals surface area contributed by atoms with E-state index < -0.39 is 0 Å². The molecule has 0 radical (unpaired) electrons. The van der Waals surface area contributed by atoms with Gasteiger partial charge in [0.2, 0.25) is 5.91 Å². The molecule has 0 spiro atoms. The zero-order valence-corrected chi connectivity index (χ0v) is 19.9. The van der Waals surface area contributed by atoms with Crippen LogP contribution >= 0.6 is 0 Å². The van der Waals surface area contributed by atoms with Gasteiger partial charge in [-0.2, -0.15) is 5.10 Å². The number of carbonyl (C=O) groups is 1. The zero-order chi connectivity index (χ0) is 24.5. The lowest BCUT2D eigenvalue weighted by Crippen LogP contribution is -2.49. The molecule has 1 saturated heterocycles. The smallest absolute Gasteiger partial charge is 0.276 e. The number of rotatable bonds is 5. The maximum absolute atomic E-state index is 14.1. The molecular formula is C27H28FN5O2. The summed E-state index contributed by atoms with van der Waals surface area (Å²) in [6.07, 6.45) is 3.66. The fourth-order valence-electron chi connectivity index (χ4n) is 4.52. The monoisotopic (exact) mass is 473 g/mol. The summed E-state index contributed by atoms with van der Waals surface area (Å²) in [6, 6.07) is 14.6. The lowest BCUT2D eigenvalue weighted by atomic mass is 10.0. The Bertz CT molecular complexity index is 1450. The van der Waals surface area contributed by atoms with Crippen molar-refractivity contribution in [3.8, 4) is 11.3 Å². The molecule has 1 aliphatic heterocycles. The van der Waals surface area contributed by atoms with Crippen LogP contribution < -0.4 is 10.5 Å². The maximum Gasteiger partial charge on any atom is 0.276 e. The van der Waals surface area contributed by atoms with Crippen LogP contribution in [0.1, 0.15) is 17.5 Å². The molecule has 35 heavy (non-hydrogen) atoms. The minimum atomic E-state index is -0.248. The van der Waals surface area contributed by atoms with Crippen LogP contribution in [0.3, 0.4) is 0 Å². The van der Waals surface area contributed by atoms with E-state index in [1.54, 1.807) is 44.6 Å². The van der Waals surface area contributed by atoms with Gasteiger partial charge in [0, 0.05) is 57.1 Å². The number of aromatic nitrogens is 3. The van der Waals surface area contributed by atoms with Crippen LogP contribution in [0.4, 0.5) is 10.1 Å². The Morgan fingerprint density at radius 2 is 1.74 bits per heavy atom. The van der Waals surface area contributed by atoms with Crippen LogP contribution in [0.2, 0.25) is 0 Å². The molecule has 7 nitrogen and oxygen atoms in total. The number of para-hydroxylation sites is 1. The lowest BCUT2D eigenvalue weighted by Gasteiger charge is -2.36. The van der Waals surface area contributed by atoms with Crippen molar-refractivity contribution in [2.45, 2.75) is 26.8 Å². The summed E-state index contributed by atoms with van der Waals surface area (Å²) in [5.41, 5.74) is 4.96. The van der Waals surface area contributed by atoms with Crippen molar-refractivity contribution in [3.05, 3.63) is 88.2 Å². The zero-order valence-electron chi connectivity index (χ0n) is 19.9. The number of aryl methyl sites for hydroxylation is 3. The second-order valence-electron chi connectivity index (χ2n) is 9.02. The highest BCUT2D eigenvalue weighted by molar-refractivity contribution is 5.76. The van der Waals surface area contributed by atoms with E-state index in [1.165, 1.54) is 17.2 Å². The normalized spacial score (nSPS) is 14.0. The molecule has 3 heterocycles. The van der Waals surface area contributed by atoms with Gasteiger partial charge in [-0.05, 0) is 49.2 Å². The van der Waals surface area contributed by atoms with Crippen molar-refractivity contribution in [3.63, 3.8) is 0 Å². The predicted octanol–water partition coefficient (Wildman–Crippen LogP) is 3.66. The van der Waals surface area contributed by atoms with Gasteiger partial charge in [0.15, 0.2) is 0 Å². The third-order valence-electron chi connectivity index (χ3n) is 6.80. The van der Waals surface area contributed by atoms with Crippen LogP contribution in [-0.4, -0.2) is 51.2 Å². The molecule has 180 valence electrons. The number of halogens is 1. The molecule has 5 rings (SSSR count). The van der Waals surface area contributed by atoms with Crippen LogP contribution in [0.15, 0.2) is 65.7 Å². The minimum Gasteiger partial charge on any atom is -0.366 e. The second kappa shape index (κ2) is 9.37. The van der Waals surface area contributed by atoms with Crippen molar-refractivity contribution in [2.24, 2.45) is 0 Å². The van der Waals surface area contributed by atoms with Crippen molar-refractivity contribution in [1.29, 1.82) is 0 Å². The molecular weight excluding hydrogens is 445 g/mol. The number of anilines is 1. The number of benzene rings is 2. The topological polar surface area (TPSA) is 62.9 Å². The van der Waals surface area contributed by atoms with Crippen molar-refractivity contribution in [2.75, 3.05) is 31.1 Å². The minimum absolute atomic E-state index is 0.00529. The Balaban J connectivity index is 1.24.